The summed E-state index contributed by atoms with van der Waals surface area (Å²) in [5.41, 5.74) is 0. The molecule has 0 aromatic heterocycles. The zero-order chi connectivity index (χ0) is 11.3. The van der Waals surface area contributed by atoms with Gasteiger partial charge in [-0.05, 0) is 37.7 Å². The Morgan fingerprint density at radius 3 is 2.80 bits per heavy atom. The van der Waals surface area contributed by atoms with E-state index in [1.165, 1.54) is 6.92 Å². The second-order valence-electron chi connectivity index (χ2n) is 3.81. The van der Waals surface area contributed by atoms with Gasteiger partial charge < -0.3 is 10.4 Å². The molecule has 15 heavy (non-hydrogen) atoms. The number of hydrogen-bond donors (Lipinski definition) is 2. The molecule has 0 spiro atoms. The molecule has 1 saturated heterocycles. The maximum absolute atomic E-state index is 11.7. The van der Waals surface area contributed by atoms with Crippen molar-refractivity contribution in [3.05, 3.63) is 0 Å². The second kappa shape index (κ2) is 6.00. The van der Waals surface area contributed by atoms with Crippen LogP contribution in [0.2, 0.25) is 0 Å². The molecule has 0 radical (unpaired) electrons. The highest BCUT2D eigenvalue weighted by molar-refractivity contribution is 7.99. The highest BCUT2D eigenvalue weighted by Crippen LogP contribution is 2.22. The van der Waals surface area contributed by atoms with E-state index in [4.69, 9.17) is 5.11 Å². The first-order valence-electron chi connectivity index (χ1n) is 5.22. The Balaban J connectivity index is 2.41. The fraction of sp³-hybridized carbons (Fsp3) is 0.800. The highest BCUT2D eigenvalue weighted by atomic mass is 32.2. The summed E-state index contributed by atoms with van der Waals surface area (Å²) in [6.07, 6.45) is 2.79. The van der Waals surface area contributed by atoms with Crippen LogP contribution in [0.25, 0.3) is 0 Å². The largest absolute Gasteiger partial charge is 0.480 e. The van der Waals surface area contributed by atoms with E-state index in [0.29, 0.717) is 0 Å². The number of amides is 1. The van der Waals surface area contributed by atoms with Gasteiger partial charge >= 0.3 is 5.97 Å². The quantitative estimate of drug-likeness (QED) is 0.763. The van der Waals surface area contributed by atoms with Crippen molar-refractivity contribution in [2.45, 2.75) is 32.2 Å². The predicted octanol–water partition coefficient (Wildman–Crippen LogP) is 1.11. The average Bonchev–Trinajstić information content (AvgIpc) is 2.45. The van der Waals surface area contributed by atoms with E-state index < -0.39 is 12.0 Å². The number of rotatable bonds is 3. The summed E-state index contributed by atoms with van der Waals surface area (Å²) in [6.45, 7) is 1.49. The number of nitrogens with one attached hydrogen (secondary N) is 1. The predicted molar refractivity (Wildman–Crippen MR) is 59.9 cm³/mol. The van der Waals surface area contributed by atoms with Gasteiger partial charge in [0.1, 0.15) is 6.04 Å². The van der Waals surface area contributed by atoms with Gasteiger partial charge in [-0.25, -0.2) is 0 Å². The molecule has 2 unspecified atom stereocenters. The molecule has 0 aromatic rings. The number of aliphatic carboxylic acids is 1. The monoisotopic (exact) mass is 231 g/mol. The van der Waals surface area contributed by atoms with Crippen LogP contribution in [0.1, 0.15) is 26.2 Å². The molecule has 0 bridgehead atoms. The standard InChI is InChI=1S/C10H17NO3S/c1-7(10(13)14)11-9(12)8-3-2-5-15-6-4-8/h7-8H,2-6H2,1H3,(H,11,12)(H,13,14). The molecule has 1 aliphatic rings. The van der Waals surface area contributed by atoms with E-state index in [0.717, 1.165) is 30.8 Å². The van der Waals surface area contributed by atoms with Gasteiger partial charge in [0.15, 0.2) is 0 Å². The normalized spacial score (nSPS) is 23.9. The lowest BCUT2D eigenvalue weighted by Crippen LogP contribution is -2.41. The van der Waals surface area contributed by atoms with E-state index in [2.05, 4.69) is 5.32 Å². The summed E-state index contributed by atoms with van der Waals surface area (Å²) in [7, 11) is 0. The van der Waals surface area contributed by atoms with Gasteiger partial charge in [-0.1, -0.05) is 0 Å². The van der Waals surface area contributed by atoms with Crippen molar-refractivity contribution in [2.75, 3.05) is 11.5 Å². The first-order chi connectivity index (χ1) is 7.11. The zero-order valence-electron chi connectivity index (χ0n) is 8.86. The molecule has 1 rings (SSSR count). The maximum Gasteiger partial charge on any atom is 0.325 e. The third kappa shape index (κ3) is 4.11. The van der Waals surface area contributed by atoms with E-state index >= 15 is 0 Å². The SMILES string of the molecule is CC(NC(=O)C1CCCSCC1)C(=O)O. The maximum atomic E-state index is 11.7. The van der Waals surface area contributed by atoms with Crippen LogP contribution in [0.3, 0.4) is 0 Å². The van der Waals surface area contributed by atoms with Crippen LogP contribution in [0.4, 0.5) is 0 Å². The van der Waals surface area contributed by atoms with Gasteiger partial charge in [-0.2, -0.15) is 11.8 Å². The van der Waals surface area contributed by atoms with Crippen LogP contribution in [0.15, 0.2) is 0 Å². The first kappa shape index (κ1) is 12.4. The highest BCUT2D eigenvalue weighted by Gasteiger charge is 2.23. The van der Waals surface area contributed by atoms with Crippen molar-refractivity contribution in [1.29, 1.82) is 0 Å². The summed E-state index contributed by atoms with van der Waals surface area (Å²) in [6, 6.07) is -0.784. The molecule has 0 aromatic carbocycles. The smallest absolute Gasteiger partial charge is 0.325 e. The van der Waals surface area contributed by atoms with E-state index in [-0.39, 0.29) is 11.8 Å². The molecule has 86 valence electrons. The molecule has 2 atom stereocenters. The van der Waals surface area contributed by atoms with Crippen LogP contribution in [-0.4, -0.2) is 34.5 Å². The number of hydrogen-bond acceptors (Lipinski definition) is 3. The molecule has 1 heterocycles. The molecular weight excluding hydrogens is 214 g/mol. The molecule has 4 nitrogen and oxygen atoms in total. The van der Waals surface area contributed by atoms with Crippen molar-refractivity contribution < 1.29 is 14.7 Å². The lowest BCUT2D eigenvalue weighted by Gasteiger charge is -2.16. The fourth-order valence-corrected chi connectivity index (χ4v) is 2.59. The molecular formula is C10H17NO3S. The van der Waals surface area contributed by atoms with Crippen molar-refractivity contribution in [3.8, 4) is 0 Å². The first-order valence-corrected chi connectivity index (χ1v) is 6.37. The van der Waals surface area contributed by atoms with Gasteiger partial charge in [0, 0.05) is 5.92 Å². The third-order valence-corrected chi connectivity index (χ3v) is 3.65. The minimum atomic E-state index is -0.980. The number of carboxylic acids is 1. The van der Waals surface area contributed by atoms with Crippen molar-refractivity contribution in [3.63, 3.8) is 0 Å². The van der Waals surface area contributed by atoms with Crippen LogP contribution < -0.4 is 5.32 Å². The summed E-state index contributed by atoms with van der Waals surface area (Å²) < 4.78 is 0. The Bertz CT molecular complexity index is 237. The Morgan fingerprint density at radius 2 is 2.13 bits per heavy atom. The minimum Gasteiger partial charge on any atom is -0.480 e. The molecule has 0 aliphatic carbocycles. The van der Waals surface area contributed by atoms with Gasteiger partial charge in [0.2, 0.25) is 5.91 Å². The Hall–Kier alpha value is -0.710. The van der Waals surface area contributed by atoms with Crippen LogP contribution >= 0.6 is 11.8 Å². The Morgan fingerprint density at radius 1 is 1.40 bits per heavy atom. The third-order valence-electron chi connectivity index (χ3n) is 2.55. The summed E-state index contributed by atoms with van der Waals surface area (Å²) in [5.74, 6) is 1.03. The molecule has 1 amide bonds. The lowest BCUT2D eigenvalue weighted by molar-refractivity contribution is -0.142. The second-order valence-corrected chi connectivity index (χ2v) is 5.03. The number of carboxylic acid groups (broad SMARTS) is 1. The molecule has 2 N–H and O–H groups in total. The summed E-state index contributed by atoms with van der Waals surface area (Å²) in [5, 5.41) is 11.2. The van der Waals surface area contributed by atoms with E-state index in [9.17, 15) is 9.59 Å². The molecule has 1 fully saturated rings. The zero-order valence-corrected chi connectivity index (χ0v) is 9.68. The van der Waals surface area contributed by atoms with E-state index in [1.807, 2.05) is 11.8 Å². The van der Waals surface area contributed by atoms with Gasteiger partial charge in [-0.15, -0.1) is 0 Å². The fourth-order valence-electron chi connectivity index (χ4n) is 1.56. The van der Waals surface area contributed by atoms with Crippen LogP contribution in [0, 0.1) is 5.92 Å². The summed E-state index contributed by atoms with van der Waals surface area (Å²) in [4.78, 5) is 22.2. The van der Waals surface area contributed by atoms with Crippen molar-refractivity contribution in [1.82, 2.24) is 5.32 Å². The average molecular weight is 231 g/mol. The number of thioether (sulfide) groups is 1. The van der Waals surface area contributed by atoms with Gasteiger partial charge in [0.05, 0.1) is 0 Å². The van der Waals surface area contributed by atoms with Crippen molar-refractivity contribution >= 4 is 23.6 Å². The van der Waals surface area contributed by atoms with Crippen LogP contribution in [0.5, 0.6) is 0 Å². The number of carbonyl (C=O) groups excluding carboxylic acids is 1. The topological polar surface area (TPSA) is 66.4 Å². The molecule has 1 aliphatic heterocycles. The van der Waals surface area contributed by atoms with Crippen molar-refractivity contribution in [2.24, 2.45) is 5.92 Å². The van der Waals surface area contributed by atoms with Gasteiger partial charge in [-0.3, -0.25) is 9.59 Å². The number of carbonyl (C=O) groups is 2. The summed E-state index contributed by atoms with van der Waals surface area (Å²) >= 11 is 1.87. The van der Waals surface area contributed by atoms with Gasteiger partial charge in [0.25, 0.3) is 0 Å². The Kier molecular flexibility index (Phi) is 4.94. The lowest BCUT2D eigenvalue weighted by atomic mass is 9.99. The minimum absolute atomic E-state index is 0.00167. The Labute approximate surface area is 93.8 Å². The van der Waals surface area contributed by atoms with Crippen LogP contribution in [-0.2, 0) is 9.59 Å². The van der Waals surface area contributed by atoms with E-state index in [1.54, 1.807) is 0 Å². The molecule has 5 heteroatoms. The molecule has 0 saturated carbocycles.